The van der Waals surface area contributed by atoms with Crippen molar-refractivity contribution >= 4 is 15.9 Å². The van der Waals surface area contributed by atoms with Gasteiger partial charge >= 0.3 is 0 Å². The third-order valence-electron chi connectivity index (χ3n) is 1.58. The maximum Gasteiger partial charge on any atom is 0.128 e. The number of nitrogens with zero attached hydrogens (tertiary/aromatic N) is 2. The molecule has 2 rings (SSSR count). The van der Waals surface area contributed by atoms with E-state index in [1.807, 2.05) is 47.3 Å². The van der Waals surface area contributed by atoms with Crippen LogP contribution in [0.4, 0.5) is 0 Å². The highest BCUT2D eigenvalue weighted by Crippen LogP contribution is 2.09. The highest BCUT2D eigenvalue weighted by molar-refractivity contribution is 9.10. The summed E-state index contributed by atoms with van der Waals surface area (Å²) in [5.41, 5.74) is 1.07. The van der Waals surface area contributed by atoms with Crippen molar-refractivity contribution in [2.24, 2.45) is 0 Å². The van der Waals surface area contributed by atoms with Gasteiger partial charge in [-0.2, -0.15) is 5.10 Å². The molecule has 0 atom stereocenters. The predicted octanol–water partition coefficient (Wildman–Crippen LogP) is 2.63. The Balaban J connectivity index is 2.45. The fourth-order valence-electron chi connectivity index (χ4n) is 1.03. The first-order chi connectivity index (χ1) is 5.86. The lowest BCUT2D eigenvalue weighted by molar-refractivity contribution is 0.870. The van der Waals surface area contributed by atoms with Crippen LogP contribution in [-0.4, -0.2) is 9.78 Å². The zero-order chi connectivity index (χ0) is 8.39. The molecule has 1 aromatic carbocycles. The van der Waals surface area contributed by atoms with Gasteiger partial charge in [0, 0.05) is 6.20 Å². The molecule has 1 heterocycles. The molecule has 3 heteroatoms. The van der Waals surface area contributed by atoms with Gasteiger partial charge in [0.2, 0.25) is 0 Å². The molecule has 0 spiro atoms. The van der Waals surface area contributed by atoms with Crippen LogP contribution in [-0.2, 0) is 0 Å². The van der Waals surface area contributed by atoms with E-state index in [1.165, 1.54) is 0 Å². The van der Waals surface area contributed by atoms with Crippen LogP contribution in [0.5, 0.6) is 0 Å². The number of halogens is 1. The molecule has 0 N–H and O–H groups in total. The maximum absolute atomic E-state index is 4.21. The third-order valence-corrected chi connectivity index (χ3v) is 2.00. The first-order valence-corrected chi connectivity index (χ1v) is 4.42. The summed E-state index contributed by atoms with van der Waals surface area (Å²) >= 11 is 3.30. The Labute approximate surface area is 79.0 Å². The van der Waals surface area contributed by atoms with Crippen molar-refractivity contribution in [2.45, 2.75) is 0 Å². The van der Waals surface area contributed by atoms with Gasteiger partial charge in [0.15, 0.2) is 0 Å². The van der Waals surface area contributed by atoms with Crippen LogP contribution in [0.3, 0.4) is 0 Å². The van der Waals surface area contributed by atoms with Crippen molar-refractivity contribution in [1.82, 2.24) is 9.78 Å². The fraction of sp³-hybridized carbons (Fsp3) is 0. The summed E-state index contributed by atoms with van der Waals surface area (Å²) in [6, 6.07) is 11.9. The molecule has 0 bridgehead atoms. The Kier molecular flexibility index (Phi) is 1.96. The van der Waals surface area contributed by atoms with Crippen LogP contribution >= 0.6 is 15.9 Å². The van der Waals surface area contributed by atoms with E-state index in [2.05, 4.69) is 21.0 Å². The fourth-order valence-corrected chi connectivity index (χ4v) is 1.32. The summed E-state index contributed by atoms with van der Waals surface area (Å²) in [4.78, 5) is 0. The van der Waals surface area contributed by atoms with Crippen molar-refractivity contribution in [3.8, 4) is 5.69 Å². The molecule has 2 nitrogen and oxygen atoms in total. The van der Waals surface area contributed by atoms with Gasteiger partial charge in [-0.15, -0.1) is 0 Å². The monoisotopic (exact) mass is 222 g/mol. The molecule has 12 heavy (non-hydrogen) atoms. The molecule has 0 amide bonds. The first-order valence-electron chi connectivity index (χ1n) is 3.63. The summed E-state index contributed by atoms with van der Waals surface area (Å²) in [5.74, 6) is 0. The van der Waals surface area contributed by atoms with Crippen LogP contribution in [0, 0.1) is 0 Å². The molecule has 2 aromatic rings. The van der Waals surface area contributed by atoms with E-state index in [0.29, 0.717) is 0 Å². The highest BCUT2D eigenvalue weighted by Gasteiger charge is 1.95. The van der Waals surface area contributed by atoms with Gasteiger partial charge in [0.05, 0.1) is 5.69 Å². The average molecular weight is 223 g/mol. The average Bonchev–Trinajstić information content (AvgIpc) is 2.54. The zero-order valence-electron chi connectivity index (χ0n) is 6.31. The number of hydrogen-bond acceptors (Lipinski definition) is 1. The molecule has 0 fully saturated rings. The van der Waals surface area contributed by atoms with Crippen molar-refractivity contribution in [3.63, 3.8) is 0 Å². The summed E-state index contributed by atoms with van der Waals surface area (Å²) in [6.07, 6.45) is 1.92. The molecule has 0 aliphatic rings. The van der Waals surface area contributed by atoms with Gasteiger partial charge in [-0.1, -0.05) is 18.2 Å². The van der Waals surface area contributed by atoms with Crippen LogP contribution in [0.1, 0.15) is 0 Å². The largest absolute Gasteiger partial charge is 0.240 e. The standard InChI is InChI=1S/C9H7BrN2/c10-9-6-7-12(11-9)8-4-2-1-3-5-8/h1-7H. The van der Waals surface area contributed by atoms with Crippen molar-refractivity contribution < 1.29 is 0 Å². The molecule has 0 saturated heterocycles. The van der Waals surface area contributed by atoms with Crippen LogP contribution in [0.25, 0.3) is 5.69 Å². The Hall–Kier alpha value is -1.09. The lowest BCUT2D eigenvalue weighted by Gasteiger charge is -1.98. The Morgan fingerprint density at radius 3 is 2.42 bits per heavy atom. The number of hydrogen-bond donors (Lipinski definition) is 0. The second-order valence-electron chi connectivity index (χ2n) is 2.42. The summed E-state index contributed by atoms with van der Waals surface area (Å²) in [5, 5.41) is 4.21. The van der Waals surface area contributed by atoms with E-state index < -0.39 is 0 Å². The third kappa shape index (κ3) is 1.41. The van der Waals surface area contributed by atoms with Gasteiger partial charge in [0.25, 0.3) is 0 Å². The minimum Gasteiger partial charge on any atom is -0.240 e. The normalized spacial score (nSPS) is 10.1. The van der Waals surface area contributed by atoms with E-state index >= 15 is 0 Å². The van der Waals surface area contributed by atoms with Crippen LogP contribution in [0.2, 0.25) is 0 Å². The highest BCUT2D eigenvalue weighted by atomic mass is 79.9. The molecule has 0 unspecified atom stereocenters. The van der Waals surface area contributed by atoms with Crippen LogP contribution < -0.4 is 0 Å². The van der Waals surface area contributed by atoms with E-state index in [9.17, 15) is 0 Å². The summed E-state index contributed by atoms with van der Waals surface area (Å²) < 4.78 is 2.68. The van der Waals surface area contributed by atoms with Gasteiger partial charge in [-0.25, -0.2) is 4.68 Å². The molecular weight excluding hydrogens is 216 g/mol. The second kappa shape index (κ2) is 3.11. The molecule has 0 aliphatic heterocycles. The quantitative estimate of drug-likeness (QED) is 0.726. The lowest BCUT2D eigenvalue weighted by Crippen LogP contribution is -1.92. The van der Waals surface area contributed by atoms with Crippen molar-refractivity contribution in [1.29, 1.82) is 0 Å². The predicted molar refractivity (Wildman–Crippen MR) is 51.3 cm³/mol. The topological polar surface area (TPSA) is 17.8 Å². The van der Waals surface area contributed by atoms with Crippen LogP contribution in [0.15, 0.2) is 47.2 Å². The summed E-state index contributed by atoms with van der Waals surface area (Å²) in [7, 11) is 0. The van der Waals surface area contributed by atoms with Crippen molar-refractivity contribution in [3.05, 3.63) is 47.2 Å². The van der Waals surface area contributed by atoms with Crippen molar-refractivity contribution in [2.75, 3.05) is 0 Å². The Morgan fingerprint density at radius 1 is 1.08 bits per heavy atom. The number of rotatable bonds is 1. The zero-order valence-corrected chi connectivity index (χ0v) is 7.90. The molecule has 0 aliphatic carbocycles. The first kappa shape index (κ1) is 7.55. The van der Waals surface area contributed by atoms with E-state index in [-0.39, 0.29) is 0 Å². The summed E-state index contributed by atoms with van der Waals surface area (Å²) in [6.45, 7) is 0. The van der Waals surface area contributed by atoms with Gasteiger partial charge in [-0.05, 0) is 34.1 Å². The molecular formula is C9H7BrN2. The number of aromatic nitrogens is 2. The minimum atomic E-state index is 0.853. The second-order valence-corrected chi connectivity index (χ2v) is 3.23. The van der Waals surface area contributed by atoms with E-state index in [4.69, 9.17) is 0 Å². The smallest absolute Gasteiger partial charge is 0.128 e. The minimum absolute atomic E-state index is 0.853. The Bertz CT molecular complexity index is 367. The number of para-hydroxylation sites is 1. The van der Waals surface area contributed by atoms with Gasteiger partial charge in [-0.3, -0.25) is 0 Å². The maximum atomic E-state index is 4.21. The van der Waals surface area contributed by atoms with E-state index in [1.54, 1.807) is 0 Å². The molecule has 0 radical (unpaired) electrons. The van der Waals surface area contributed by atoms with Gasteiger partial charge < -0.3 is 0 Å². The molecule has 0 saturated carbocycles. The van der Waals surface area contributed by atoms with Gasteiger partial charge in [0.1, 0.15) is 4.60 Å². The SMILES string of the molecule is Brc1ccn(-c2ccccc2)n1. The lowest BCUT2D eigenvalue weighted by atomic mass is 10.3. The van der Waals surface area contributed by atoms with E-state index in [0.717, 1.165) is 10.3 Å². The molecule has 1 aromatic heterocycles. The Morgan fingerprint density at radius 2 is 1.83 bits per heavy atom. The number of benzene rings is 1. The molecule has 60 valence electrons.